The van der Waals surface area contributed by atoms with Crippen LogP contribution in [0.2, 0.25) is 0 Å². The van der Waals surface area contributed by atoms with Gasteiger partial charge >= 0.3 is 5.69 Å². The fourth-order valence-electron chi connectivity index (χ4n) is 3.00. The lowest BCUT2D eigenvalue weighted by Gasteiger charge is -2.26. The number of hydrazine groups is 1. The third-order valence-corrected chi connectivity index (χ3v) is 4.03. The molecule has 1 aliphatic rings. The maximum Gasteiger partial charge on any atom is 0.354 e. The number of hydrogen-bond acceptors (Lipinski definition) is 7. The van der Waals surface area contributed by atoms with Gasteiger partial charge in [-0.1, -0.05) is 26.2 Å². The minimum atomic E-state index is -0.528. The van der Waals surface area contributed by atoms with Crippen molar-refractivity contribution in [2.45, 2.75) is 39.0 Å². The van der Waals surface area contributed by atoms with Gasteiger partial charge in [0.2, 0.25) is 11.6 Å². The van der Waals surface area contributed by atoms with Crippen LogP contribution in [-0.4, -0.2) is 21.4 Å². The highest BCUT2D eigenvalue weighted by Crippen LogP contribution is 2.31. The largest absolute Gasteiger partial charge is 0.364 e. The van der Waals surface area contributed by atoms with Gasteiger partial charge in [-0.25, -0.2) is 15.8 Å². The molecule has 1 saturated carbocycles. The first-order valence-corrected chi connectivity index (χ1v) is 7.31. The molecule has 4 N–H and O–H groups in total. The molecule has 2 unspecified atom stereocenters. The Morgan fingerprint density at radius 2 is 2.19 bits per heavy atom. The Morgan fingerprint density at radius 3 is 2.86 bits per heavy atom. The Morgan fingerprint density at radius 1 is 1.43 bits per heavy atom. The molecule has 8 nitrogen and oxygen atoms in total. The van der Waals surface area contributed by atoms with Gasteiger partial charge in [0.25, 0.3) is 0 Å². The maximum absolute atomic E-state index is 11.1. The summed E-state index contributed by atoms with van der Waals surface area (Å²) in [7, 11) is 0. The van der Waals surface area contributed by atoms with Gasteiger partial charge in [0.05, 0.1) is 4.92 Å². The van der Waals surface area contributed by atoms with Crippen LogP contribution in [0.4, 0.5) is 17.3 Å². The summed E-state index contributed by atoms with van der Waals surface area (Å²) >= 11 is 0. The van der Waals surface area contributed by atoms with Crippen molar-refractivity contribution in [1.29, 1.82) is 0 Å². The first-order chi connectivity index (χ1) is 10.1. The zero-order valence-electron chi connectivity index (χ0n) is 12.2. The van der Waals surface area contributed by atoms with E-state index in [2.05, 4.69) is 27.6 Å². The van der Waals surface area contributed by atoms with Gasteiger partial charge in [-0.2, -0.15) is 0 Å². The fourth-order valence-corrected chi connectivity index (χ4v) is 3.00. The monoisotopic (exact) mass is 294 g/mol. The molecule has 1 heterocycles. The van der Waals surface area contributed by atoms with Crippen LogP contribution in [0.5, 0.6) is 0 Å². The lowest BCUT2D eigenvalue weighted by atomic mass is 9.81. The molecular formula is C13H22N6O2. The highest BCUT2D eigenvalue weighted by Gasteiger charge is 2.23. The van der Waals surface area contributed by atoms with E-state index in [1.165, 1.54) is 32.0 Å². The zero-order chi connectivity index (χ0) is 15.2. The maximum atomic E-state index is 11.1. The van der Waals surface area contributed by atoms with Crippen LogP contribution in [0.3, 0.4) is 0 Å². The van der Waals surface area contributed by atoms with E-state index < -0.39 is 4.92 Å². The Kier molecular flexibility index (Phi) is 5.26. The van der Waals surface area contributed by atoms with E-state index >= 15 is 0 Å². The van der Waals surface area contributed by atoms with E-state index in [0.29, 0.717) is 12.5 Å². The predicted octanol–water partition coefficient (Wildman–Crippen LogP) is 2.30. The average molecular weight is 294 g/mol. The summed E-state index contributed by atoms with van der Waals surface area (Å²) in [5.41, 5.74) is 2.02. The number of rotatable bonds is 6. The van der Waals surface area contributed by atoms with Gasteiger partial charge in [-0.15, -0.1) is 0 Å². The molecule has 0 amide bonds. The predicted molar refractivity (Wildman–Crippen MR) is 80.7 cm³/mol. The molecule has 8 heteroatoms. The molecule has 0 saturated heterocycles. The molecule has 1 aromatic heterocycles. The molecule has 0 radical (unpaired) electrons. The van der Waals surface area contributed by atoms with Crippen molar-refractivity contribution in [1.82, 2.24) is 9.97 Å². The van der Waals surface area contributed by atoms with Gasteiger partial charge in [0.1, 0.15) is 6.33 Å². The van der Waals surface area contributed by atoms with Gasteiger partial charge in [-0.05, 0) is 24.7 Å². The topological polar surface area (TPSA) is 119 Å². The molecule has 0 bridgehead atoms. The number of nitrogens with two attached hydrogens (primary N) is 1. The molecule has 0 aromatic carbocycles. The second-order valence-corrected chi connectivity index (χ2v) is 5.67. The molecular weight excluding hydrogens is 272 g/mol. The van der Waals surface area contributed by atoms with Crippen molar-refractivity contribution in [3.05, 3.63) is 16.4 Å². The zero-order valence-corrected chi connectivity index (χ0v) is 12.2. The molecule has 1 aliphatic carbocycles. The quantitative estimate of drug-likeness (QED) is 0.418. The van der Waals surface area contributed by atoms with E-state index in [1.807, 2.05) is 0 Å². The second kappa shape index (κ2) is 7.16. The Labute approximate surface area is 123 Å². The van der Waals surface area contributed by atoms with Crippen LogP contribution >= 0.6 is 0 Å². The van der Waals surface area contributed by atoms with Crippen LogP contribution in [-0.2, 0) is 0 Å². The summed E-state index contributed by atoms with van der Waals surface area (Å²) in [4.78, 5) is 18.3. The number of aromatic nitrogens is 2. The molecule has 1 fully saturated rings. The SMILES string of the molecule is CC1CCCC(CCNc2ncnc(NN)c2[N+](=O)[O-])C1. The fraction of sp³-hybridized carbons (Fsp3) is 0.692. The van der Waals surface area contributed by atoms with Gasteiger partial charge < -0.3 is 10.7 Å². The summed E-state index contributed by atoms with van der Waals surface area (Å²) < 4.78 is 0. The third kappa shape index (κ3) is 4.01. The smallest absolute Gasteiger partial charge is 0.354 e. The van der Waals surface area contributed by atoms with Crippen LogP contribution in [0.1, 0.15) is 39.0 Å². The Bertz CT molecular complexity index is 496. The number of hydrogen-bond donors (Lipinski definition) is 3. The number of nitrogens with one attached hydrogen (secondary N) is 2. The number of nitro groups is 1. The summed E-state index contributed by atoms with van der Waals surface area (Å²) in [6, 6.07) is 0. The van der Waals surface area contributed by atoms with E-state index in [4.69, 9.17) is 5.84 Å². The molecule has 0 aliphatic heterocycles. The molecule has 1 aromatic rings. The van der Waals surface area contributed by atoms with Crippen LogP contribution < -0.4 is 16.6 Å². The van der Waals surface area contributed by atoms with E-state index in [0.717, 1.165) is 12.3 Å². The van der Waals surface area contributed by atoms with Crippen LogP contribution in [0.25, 0.3) is 0 Å². The normalized spacial score (nSPS) is 21.8. The van der Waals surface area contributed by atoms with Crippen molar-refractivity contribution in [2.24, 2.45) is 17.7 Å². The number of anilines is 2. The van der Waals surface area contributed by atoms with Crippen molar-refractivity contribution in [3.63, 3.8) is 0 Å². The van der Waals surface area contributed by atoms with Crippen molar-refractivity contribution >= 4 is 17.3 Å². The summed E-state index contributed by atoms with van der Waals surface area (Å²) in [5, 5.41) is 14.1. The van der Waals surface area contributed by atoms with Crippen LogP contribution in [0, 0.1) is 22.0 Å². The average Bonchev–Trinajstić information content (AvgIpc) is 2.46. The standard InChI is InChI=1S/C13H22N6O2/c1-9-3-2-4-10(7-9)5-6-15-12-11(19(20)21)13(18-14)17-8-16-12/h8-10H,2-7,14H2,1H3,(H2,15,16,17,18). The van der Waals surface area contributed by atoms with E-state index in [-0.39, 0.29) is 17.3 Å². The number of nitrogen functional groups attached to an aromatic ring is 1. The van der Waals surface area contributed by atoms with Gasteiger partial charge in [0.15, 0.2) is 0 Å². The van der Waals surface area contributed by atoms with Crippen molar-refractivity contribution in [3.8, 4) is 0 Å². The van der Waals surface area contributed by atoms with E-state index in [1.54, 1.807) is 0 Å². The first-order valence-electron chi connectivity index (χ1n) is 7.31. The summed E-state index contributed by atoms with van der Waals surface area (Å²) in [6.07, 6.45) is 7.33. The van der Waals surface area contributed by atoms with Crippen molar-refractivity contribution in [2.75, 3.05) is 17.3 Å². The van der Waals surface area contributed by atoms with Gasteiger partial charge in [0, 0.05) is 6.54 Å². The minimum absolute atomic E-state index is 0.0174. The van der Waals surface area contributed by atoms with E-state index in [9.17, 15) is 10.1 Å². The lowest BCUT2D eigenvalue weighted by molar-refractivity contribution is -0.383. The lowest BCUT2D eigenvalue weighted by Crippen LogP contribution is -2.18. The Hall–Kier alpha value is -1.96. The minimum Gasteiger partial charge on any atom is -0.364 e. The number of nitrogens with zero attached hydrogens (tertiary/aromatic N) is 3. The molecule has 2 atom stereocenters. The highest BCUT2D eigenvalue weighted by atomic mass is 16.6. The summed E-state index contributed by atoms with van der Waals surface area (Å²) in [6.45, 7) is 2.95. The second-order valence-electron chi connectivity index (χ2n) is 5.67. The van der Waals surface area contributed by atoms with Gasteiger partial charge in [-0.3, -0.25) is 10.1 Å². The Balaban J connectivity index is 1.95. The molecule has 21 heavy (non-hydrogen) atoms. The molecule has 116 valence electrons. The highest BCUT2D eigenvalue weighted by molar-refractivity contribution is 5.68. The van der Waals surface area contributed by atoms with Crippen LogP contribution in [0.15, 0.2) is 6.33 Å². The van der Waals surface area contributed by atoms with Crippen molar-refractivity contribution < 1.29 is 4.92 Å². The third-order valence-electron chi connectivity index (χ3n) is 4.03. The first kappa shape index (κ1) is 15.4. The summed E-state index contributed by atoms with van der Waals surface area (Å²) in [5.74, 6) is 6.95. The molecule has 0 spiro atoms. The molecule has 2 rings (SSSR count).